The maximum absolute atomic E-state index is 13.4. The summed E-state index contributed by atoms with van der Waals surface area (Å²) in [5.74, 6) is 0. The molecule has 132 valence electrons. The molecule has 0 N–H and O–H groups in total. The van der Waals surface area contributed by atoms with Gasteiger partial charge in [-0.15, -0.1) is 0 Å². The van der Waals surface area contributed by atoms with Crippen molar-refractivity contribution in [3.8, 4) is 0 Å². The first-order valence-electron chi connectivity index (χ1n) is 8.33. The van der Waals surface area contributed by atoms with E-state index in [0.717, 1.165) is 11.1 Å². The number of halogens is 1. The molecule has 1 aliphatic heterocycles. The first-order valence-corrected chi connectivity index (χ1v) is 10.1. The second-order valence-electron chi connectivity index (χ2n) is 6.18. The highest BCUT2D eigenvalue weighted by molar-refractivity contribution is 7.89. The summed E-state index contributed by atoms with van der Waals surface area (Å²) in [6, 6.07) is 17.9. The summed E-state index contributed by atoms with van der Waals surface area (Å²) in [5, 5.41) is 0.236. The number of fused-ring (bicyclic) bond motifs is 1. The van der Waals surface area contributed by atoms with Gasteiger partial charge in [-0.3, -0.25) is 4.98 Å². The summed E-state index contributed by atoms with van der Waals surface area (Å²) in [7, 11) is -3.75. The molecular formula is C20H17ClN2O2S. The third-order valence-electron chi connectivity index (χ3n) is 4.68. The molecule has 2 heterocycles. The number of sulfonamides is 1. The Hall–Kier alpha value is -2.21. The smallest absolute Gasteiger partial charge is 0.245 e. The molecule has 0 fully saturated rings. The molecule has 0 radical (unpaired) electrons. The lowest BCUT2D eigenvalue weighted by Crippen LogP contribution is -2.40. The minimum Gasteiger partial charge on any atom is -0.265 e. The molecule has 0 saturated heterocycles. The van der Waals surface area contributed by atoms with Crippen molar-refractivity contribution in [2.24, 2.45) is 0 Å². The third kappa shape index (κ3) is 2.92. The van der Waals surface area contributed by atoms with E-state index in [2.05, 4.69) is 11.1 Å². The molecule has 1 aliphatic rings. The Bertz CT molecular complexity index is 1040. The van der Waals surface area contributed by atoms with E-state index < -0.39 is 16.1 Å². The Labute approximate surface area is 158 Å². The summed E-state index contributed by atoms with van der Waals surface area (Å²) >= 11 is 6.21. The summed E-state index contributed by atoms with van der Waals surface area (Å²) in [4.78, 5) is 4.21. The Morgan fingerprint density at radius 2 is 1.65 bits per heavy atom. The van der Waals surface area contributed by atoms with Crippen molar-refractivity contribution in [2.45, 2.75) is 17.4 Å². The van der Waals surface area contributed by atoms with Crippen LogP contribution in [0.5, 0.6) is 0 Å². The van der Waals surface area contributed by atoms with Crippen LogP contribution in [0, 0.1) is 0 Å². The fraction of sp³-hybridized carbons (Fsp3) is 0.150. The molecule has 26 heavy (non-hydrogen) atoms. The van der Waals surface area contributed by atoms with Gasteiger partial charge in [0.1, 0.15) is 4.90 Å². The van der Waals surface area contributed by atoms with Gasteiger partial charge in [-0.25, -0.2) is 8.42 Å². The van der Waals surface area contributed by atoms with Crippen molar-refractivity contribution in [1.29, 1.82) is 0 Å². The molecule has 1 atom stereocenters. The van der Waals surface area contributed by atoms with Crippen LogP contribution in [0.15, 0.2) is 78.0 Å². The Morgan fingerprint density at radius 1 is 0.962 bits per heavy atom. The van der Waals surface area contributed by atoms with Crippen LogP contribution in [-0.4, -0.2) is 24.3 Å². The second kappa shape index (κ2) is 6.83. The van der Waals surface area contributed by atoms with E-state index in [1.807, 2.05) is 30.3 Å². The fourth-order valence-corrected chi connectivity index (χ4v) is 5.56. The van der Waals surface area contributed by atoms with Crippen LogP contribution in [0.4, 0.5) is 0 Å². The van der Waals surface area contributed by atoms with Crippen molar-refractivity contribution >= 4 is 21.6 Å². The minimum atomic E-state index is -3.75. The van der Waals surface area contributed by atoms with Crippen LogP contribution < -0.4 is 0 Å². The van der Waals surface area contributed by atoms with E-state index in [4.69, 9.17) is 11.6 Å². The molecule has 0 bridgehead atoms. The van der Waals surface area contributed by atoms with Crippen molar-refractivity contribution < 1.29 is 8.42 Å². The van der Waals surface area contributed by atoms with Gasteiger partial charge in [0.05, 0.1) is 11.1 Å². The zero-order chi connectivity index (χ0) is 18.1. The predicted molar refractivity (Wildman–Crippen MR) is 102 cm³/mol. The average Bonchev–Trinajstić information content (AvgIpc) is 2.68. The molecular weight excluding hydrogens is 368 g/mol. The van der Waals surface area contributed by atoms with Crippen LogP contribution in [0.1, 0.15) is 22.7 Å². The Balaban J connectivity index is 1.89. The molecule has 0 spiro atoms. The molecule has 1 aromatic heterocycles. The summed E-state index contributed by atoms with van der Waals surface area (Å²) in [6.07, 6.45) is 4.04. The summed E-state index contributed by atoms with van der Waals surface area (Å²) in [6.45, 7) is 0.400. The zero-order valence-corrected chi connectivity index (χ0v) is 15.5. The maximum Gasteiger partial charge on any atom is 0.245 e. The van der Waals surface area contributed by atoms with Gasteiger partial charge in [0.2, 0.25) is 10.0 Å². The highest BCUT2D eigenvalue weighted by atomic mass is 35.5. The van der Waals surface area contributed by atoms with Crippen LogP contribution in [0.25, 0.3) is 0 Å². The summed E-state index contributed by atoms with van der Waals surface area (Å²) in [5.41, 5.74) is 3.06. The van der Waals surface area contributed by atoms with E-state index in [1.165, 1.54) is 5.56 Å². The number of hydrogen-bond donors (Lipinski definition) is 0. The van der Waals surface area contributed by atoms with Gasteiger partial charge in [0.25, 0.3) is 0 Å². The molecule has 0 amide bonds. The van der Waals surface area contributed by atoms with Gasteiger partial charge < -0.3 is 0 Å². The zero-order valence-electron chi connectivity index (χ0n) is 13.9. The SMILES string of the molecule is O=S(=O)(c1ccccc1Cl)N1CCc2ccccc2C1c1ccncc1. The second-order valence-corrected chi connectivity index (χ2v) is 8.44. The van der Waals surface area contributed by atoms with Crippen molar-refractivity contribution in [3.63, 3.8) is 0 Å². The molecule has 3 aromatic rings. The number of rotatable bonds is 3. The van der Waals surface area contributed by atoms with Crippen molar-refractivity contribution in [1.82, 2.24) is 9.29 Å². The van der Waals surface area contributed by atoms with E-state index >= 15 is 0 Å². The number of hydrogen-bond acceptors (Lipinski definition) is 3. The topological polar surface area (TPSA) is 50.3 Å². The third-order valence-corrected chi connectivity index (χ3v) is 7.05. The minimum absolute atomic E-state index is 0.139. The van der Waals surface area contributed by atoms with Gasteiger partial charge in [-0.05, 0) is 47.4 Å². The normalized spacial score (nSPS) is 17.7. The maximum atomic E-state index is 13.4. The molecule has 0 aliphatic carbocycles. The first-order chi connectivity index (χ1) is 12.6. The van der Waals surface area contributed by atoms with Gasteiger partial charge in [0, 0.05) is 18.9 Å². The fourth-order valence-electron chi connectivity index (χ4n) is 3.47. The highest BCUT2D eigenvalue weighted by Gasteiger charge is 2.38. The Morgan fingerprint density at radius 3 is 2.42 bits per heavy atom. The monoisotopic (exact) mass is 384 g/mol. The number of aromatic nitrogens is 1. The molecule has 2 aromatic carbocycles. The Kier molecular flexibility index (Phi) is 4.53. The van der Waals surface area contributed by atoms with E-state index in [-0.39, 0.29) is 9.92 Å². The van der Waals surface area contributed by atoms with Gasteiger partial charge >= 0.3 is 0 Å². The predicted octanol–water partition coefficient (Wildman–Crippen LogP) is 4.07. The van der Waals surface area contributed by atoms with E-state index in [1.54, 1.807) is 41.0 Å². The van der Waals surface area contributed by atoms with Crippen LogP contribution in [0.3, 0.4) is 0 Å². The van der Waals surface area contributed by atoms with Gasteiger partial charge in [-0.2, -0.15) is 4.31 Å². The quantitative estimate of drug-likeness (QED) is 0.683. The number of benzene rings is 2. The first kappa shape index (κ1) is 17.2. The highest BCUT2D eigenvalue weighted by Crippen LogP contribution is 2.39. The standard InChI is InChI=1S/C20H17ClN2O2S/c21-18-7-3-4-8-19(18)26(24,25)23-14-11-15-5-1-2-6-17(15)20(23)16-9-12-22-13-10-16/h1-10,12-13,20H,11,14H2. The lowest BCUT2D eigenvalue weighted by molar-refractivity contribution is 0.344. The van der Waals surface area contributed by atoms with Crippen molar-refractivity contribution in [2.75, 3.05) is 6.54 Å². The molecule has 0 saturated carbocycles. The van der Waals surface area contributed by atoms with Crippen LogP contribution >= 0.6 is 11.6 Å². The molecule has 6 heteroatoms. The lowest BCUT2D eigenvalue weighted by atomic mass is 9.90. The summed E-state index contributed by atoms with van der Waals surface area (Å²) < 4.78 is 28.4. The van der Waals surface area contributed by atoms with Gasteiger partial charge in [0.15, 0.2) is 0 Å². The molecule has 4 rings (SSSR count). The number of pyridine rings is 1. The largest absolute Gasteiger partial charge is 0.265 e. The van der Waals surface area contributed by atoms with Crippen LogP contribution in [0.2, 0.25) is 5.02 Å². The number of nitrogens with zero attached hydrogens (tertiary/aromatic N) is 2. The van der Waals surface area contributed by atoms with Crippen LogP contribution in [-0.2, 0) is 16.4 Å². The van der Waals surface area contributed by atoms with Crippen molar-refractivity contribution in [3.05, 3.63) is 94.8 Å². The molecule has 4 nitrogen and oxygen atoms in total. The van der Waals surface area contributed by atoms with E-state index in [0.29, 0.717) is 13.0 Å². The average molecular weight is 385 g/mol. The lowest BCUT2D eigenvalue weighted by Gasteiger charge is -2.36. The molecule has 1 unspecified atom stereocenters. The van der Waals surface area contributed by atoms with E-state index in [9.17, 15) is 8.42 Å². The van der Waals surface area contributed by atoms with Gasteiger partial charge in [-0.1, -0.05) is 48.0 Å².